The summed E-state index contributed by atoms with van der Waals surface area (Å²) in [5, 5.41) is 25.5. The van der Waals surface area contributed by atoms with E-state index in [4.69, 9.17) is 15.3 Å². The molecule has 3 N–H and O–H groups in total. The average Bonchev–Trinajstić information content (AvgIpc) is 2.00. The monoisotopic (exact) mass is 180 g/mol. The average molecular weight is 180 g/mol. The van der Waals surface area contributed by atoms with E-state index in [2.05, 4.69) is 12.6 Å². The van der Waals surface area contributed by atoms with Gasteiger partial charge in [0.25, 0.3) is 0 Å². The Kier molecular flexibility index (Phi) is 4.67. The maximum absolute atomic E-state index is 10.8. The minimum Gasteiger partial charge on any atom is -0.393 e. The van der Waals surface area contributed by atoms with Gasteiger partial charge in [0.1, 0.15) is 12.2 Å². The largest absolute Gasteiger partial charge is 0.393 e. The molecule has 5 heteroatoms. The van der Waals surface area contributed by atoms with E-state index in [1.54, 1.807) is 0 Å². The summed E-state index contributed by atoms with van der Waals surface area (Å²) in [5.41, 5.74) is 0. The Labute approximate surface area is 70.3 Å². The van der Waals surface area contributed by atoms with Crippen LogP contribution in [0.2, 0.25) is 0 Å². The van der Waals surface area contributed by atoms with Gasteiger partial charge >= 0.3 is 0 Å². The van der Waals surface area contributed by atoms with Crippen LogP contribution >= 0.6 is 12.6 Å². The third-order valence-corrected chi connectivity index (χ3v) is 1.53. The molecule has 0 bridgehead atoms. The number of rotatable bonds is 4. The molecule has 0 fully saturated rings. The summed E-state index contributed by atoms with van der Waals surface area (Å²) in [7, 11) is 0. The standard InChI is InChI=1S/C6H12O4S/c1-3(11)5(9)6(10)4(8)2-7/h3-5,7-9,11H,2H2,1H3/t3-,4-,5+/m0/s1. The predicted molar refractivity (Wildman–Crippen MR) is 42.6 cm³/mol. The van der Waals surface area contributed by atoms with Crippen molar-refractivity contribution in [3.05, 3.63) is 0 Å². The van der Waals surface area contributed by atoms with Crippen LogP contribution in [0.1, 0.15) is 6.92 Å². The van der Waals surface area contributed by atoms with E-state index in [1.807, 2.05) is 0 Å². The maximum atomic E-state index is 10.8. The number of Topliss-reactive ketones (excluding diaryl/α,β-unsaturated/α-hetero) is 1. The molecule has 11 heavy (non-hydrogen) atoms. The summed E-state index contributed by atoms with van der Waals surface area (Å²) in [6, 6.07) is 0. The highest BCUT2D eigenvalue weighted by Gasteiger charge is 2.25. The van der Waals surface area contributed by atoms with Gasteiger partial charge < -0.3 is 15.3 Å². The molecule has 0 aliphatic carbocycles. The number of hydrogen-bond donors (Lipinski definition) is 4. The van der Waals surface area contributed by atoms with E-state index in [-0.39, 0.29) is 0 Å². The predicted octanol–water partition coefficient (Wildman–Crippen LogP) is -1.41. The summed E-state index contributed by atoms with van der Waals surface area (Å²) in [4.78, 5) is 10.8. The Bertz CT molecular complexity index is 137. The molecule has 0 aromatic carbocycles. The Morgan fingerprint density at radius 3 is 2.27 bits per heavy atom. The van der Waals surface area contributed by atoms with Crippen LogP contribution in [0.25, 0.3) is 0 Å². The first-order chi connectivity index (χ1) is 5.00. The molecule has 0 rings (SSSR count). The second-order valence-electron chi connectivity index (χ2n) is 2.29. The molecule has 4 nitrogen and oxygen atoms in total. The summed E-state index contributed by atoms with van der Waals surface area (Å²) in [6.45, 7) is 0.853. The summed E-state index contributed by atoms with van der Waals surface area (Å²) in [5.74, 6) is -0.796. The lowest BCUT2D eigenvalue weighted by molar-refractivity contribution is -0.137. The second-order valence-corrected chi connectivity index (χ2v) is 3.10. The number of ketones is 1. The van der Waals surface area contributed by atoms with Gasteiger partial charge in [0.05, 0.1) is 6.61 Å². The topological polar surface area (TPSA) is 77.8 Å². The van der Waals surface area contributed by atoms with Gasteiger partial charge in [0.15, 0.2) is 5.78 Å². The van der Waals surface area contributed by atoms with Crippen molar-refractivity contribution in [2.45, 2.75) is 24.4 Å². The first-order valence-electron chi connectivity index (χ1n) is 3.19. The minimum absolute atomic E-state index is 0.538. The highest BCUT2D eigenvalue weighted by atomic mass is 32.1. The zero-order valence-electron chi connectivity index (χ0n) is 6.14. The van der Waals surface area contributed by atoms with Crippen molar-refractivity contribution >= 4 is 18.4 Å². The van der Waals surface area contributed by atoms with Crippen LogP contribution in [0.4, 0.5) is 0 Å². The Morgan fingerprint density at radius 1 is 1.55 bits per heavy atom. The van der Waals surface area contributed by atoms with E-state index in [0.29, 0.717) is 0 Å². The first-order valence-corrected chi connectivity index (χ1v) is 3.71. The molecule has 0 amide bonds. The third-order valence-electron chi connectivity index (χ3n) is 1.25. The zero-order valence-corrected chi connectivity index (χ0v) is 7.03. The fourth-order valence-corrected chi connectivity index (χ4v) is 0.672. The normalized spacial score (nSPS) is 19.0. The second kappa shape index (κ2) is 4.71. The summed E-state index contributed by atoms with van der Waals surface area (Å²) >= 11 is 3.80. The van der Waals surface area contributed by atoms with Crippen molar-refractivity contribution in [1.82, 2.24) is 0 Å². The van der Waals surface area contributed by atoms with Crippen LogP contribution in [0.3, 0.4) is 0 Å². The van der Waals surface area contributed by atoms with Crippen LogP contribution in [-0.4, -0.2) is 45.2 Å². The Balaban J connectivity index is 4.02. The van der Waals surface area contributed by atoms with E-state index in [1.165, 1.54) is 6.92 Å². The molecule has 0 aromatic rings. The van der Waals surface area contributed by atoms with Gasteiger partial charge in [0, 0.05) is 5.25 Å². The highest BCUT2D eigenvalue weighted by molar-refractivity contribution is 7.81. The van der Waals surface area contributed by atoms with E-state index >= 15 is 0 Å². The van der Waals surface area contributed by atoms with Gasteiger partial charge in [-0.1, -0.05) is 6.92 Å². The molecule has 0 saturated carbocycles. The van der Waals surface area contributed by atoms with Crippen molar-refractivity contribution in [3.63, 3.8) is 0 Å². The van der Waals surface area contributed by atoms with Gasteiger partial charge in [-0.05, 0) is 0 Å². The third kappa shape index (κ3) is 3.20. The van der Waals surface area contributed by atoms with Crippen LogP contribution in [0.5, 0.6) is 0 Å². The lowest BCUT2D eigenvalue weighted by Gasteiger charge is -2.14. The van der Waals surface area contributed by atoms with Crippen molar-refractivity contribution in [1.29, 1.82) is 0 Å². The van der Waals surface area contributed by atoms with Crippen LogP contribution in [0, 0.1) is 0 Å². The molecule has 0 saturated heterocycles. The zero-order chi connectivity index (χ0) is 9.02. The minimum atomic E-state index is -1.50. The molecule has 0 spiro atoms. The van der Waals surface area contributed by atoms with E-state index in [0.717, 1.165) is 0 Å². The number of carbonyl (C=O) groups excluding carboxylic acids is 1. The first kappa shape index (κ1) is 10.9. The van der Waals surface area contributed by atoms with Crippen LogP contribution < -0.4 is 0 Å². The summed E-state index contributed by atoms with van der Waals surface area (Å²) < 4.78 is 0. The summed E-state index contributed by atoms with van der Waals surface area (Å²) in [6.07, 6.45) is -2.82. The van der Waals surface area contributed by atoms with Gasteiger partial charge in [0.2, 0.25) is 0 Å². The molecule has 0 aliphatic heterocycles. The van der Waals surface area contributed by atoms with E-state index < -0.39 is 29.8 Å². The number of thiol groups is 1. The van der Waals surface area contributed by atoms with Crippen molar-refractivity contribution in [2.24, 2.45) is 0 Å². The van der Waals surface area contributed by atoms with Gasteiger partial charge in [-0.2, -0.15) is 12.6 Å². The number of carbonyl (C=O) groups is 1. The van der Waals surface area contributed by atoms with Crippen molar-refractivity contribution < 1.29 is 20.1 Å². The van der Waals surface area contributed by atoms with Gasteiger partial charge in [-0.3, -0.25) is 4.79 Å². The Hall–Kier alpha value is -0.100. The fourth-order valence-electron chi connectivity index (χ4n) is 0.525. The van der Waals surface area contributed by atoms with Gasteiger partial charge in [-0.25, -0.2) is 0 Å². The molecule has 0 unspecified atom stereocenters. The molecular weight excluding hydrogens is 168 g/mol. The molecule has 0 aromatic heterocycles. The van der Waals surface area contributed by atoms with E-state index in [9.17, 15) is 4.79 Å². The molecule has 3 atom stereocenters. The molecule has 0 heterocycles. The molecule has 0 radical (unpaired) electrons. The van der Waals surface area contributed by atoms with Crippen LogP contribution in [-0.2, 0) is 4.79 Å². The van der Waals surface area contributed by atoms with Gasteiger partial charge in [-0.15, -0.1) is 0 Å². The highest BCUT2D eigenvalue weighted by Crippen LogP contribution is 2.03. The van der Waals surface area contributed by atoms with Crippen LogP contribution in [0.15, 0.2) is 0 Å². The molecule has 0 aliphatic rings. The quantitative estimate of drug-likeness (QED) is 0.401. The number of hydrogen-bond acceptors (Lipinski definition) is 5. The van der Waals surface area contributed by atoms with Crippen molar-refractivity contribution in [3.8, 4) is 0 Å². The SMILES string of the molecule is C[C@H](S)[C@@H](O)C(=O)[C@@H](O)CO. The lowest BCUT2D eigenvalue weighted by atomic mass is 10.1. The fraction of sp³-hybridized carbons (Fsp3) is 0.833. The Morgan fingerprint density at radius 2 is 2.00 bits per heavy atom. The maximum Gasteiger partial charge on any atom is 0.193 e. The number of aliphatic hydroxyl groups excluding tert-OH is 3. The smallest absolute Gasteiger partial charge is 0.193 e. The number of aliphatic hydroxyl groups is 3. The molecule has 66 valence electrons. The van der Waals surface area contributed by atoms with Crippen molar-refractivity contribution in [2.75, 3.05) is 6.61 Å². The molecular formula is C6H12O4S. The lowest BCUT2D eigenvalue weighted by Crippen LogP contribution is -2.38.